The average Bonchev–Trinajstić information content (AvgIpc) is 2.53. The summed E-state index contributed by atoms with van der Waals surface area (Å²) in [5, 5.41) is 2.83. The van der Waals surface area contributed by atoms with Crippen LogP contribution in [0, 0.1) is 0 Å². The van der Waals surface area contributed by atoms with Gasteiger partial charge in [0, 0.05) is 24.4 Å². The molecule has 1 heterocycles. The molecule has 96 valence electrons. The van der Waals surface area contributed by atoms with Crippen molar-refractivity contribution in [3.05, 3.63) is 29.8 Å². The number of fused-ring (bicyclic) bond motifs is 1. The number of hydrogen-bond acceptors (Lipinski definition) is 3. The minimum absolute atomic E-state index is 0.0382. The van der Waals surface area contributed by atoms with E-state index in [0.717, 1.165) is 17.0 Å². The fraction of sp³-hybridized carbons (Fsp3) is 0.385. The van der Waals surface area contributed by atoms with Gasteiger partial charge in [-0.25, -0.2) is 0 Å². The van der Waals surface area contributed by atoms with E-state index in [0.29, 0.717) is 13.0 Å². The van der Waals surface area contributed by atoms with Gasteiger partial charge in [-0.1, -0.05) is 18.2 Å². The summed E-state index contributed by atoms with van der Waals surface area (Å²) < 4.78 is 0. The van der Waals surface area contributed by atoms with Gasteiger partial charge >= 0.3 is 0 Å². The van der Waals surface area contributed by atoms with Crippen LogP contribution in [0.2, 0.25) is 0 Å². The average molecular weight is 264 g/mol. The first-order valence-electron chi connectivity index (χ1n) is 5.85. The predicted octanol–water partition coefficient (Wildman–Crippen LogP) is 1.72. The summed E-state index contributed by atoms with van der Waals surface area (Å²) in [4.78, 5) is 25.3. The molecule has 0 fully saturated rings. The molecule has 1 aliphatic heterocycles. The molecule has 0 aromatic heterocycles. The summed E-state index contributed by atoms with van der Waals surface area (Å²) in [6.07, 6.45) is 2.45. The first-order chi connectivity index (χ1) is 8.70. The van der Waals surface area contributed by atoms with Gasteiger partial charge in [0.05, 0.1) is 0 Å². The number of nitrogens with one attached hydrogen (secondary N) is 1. The molecular formula is C13H16N2O2S. The lowest BCUT2D eigenvalue weighted by Gasteiger charge is -2.19. The number of rotatable bonds is 3. The molecule has 2 amide bonds. The van der Waals surface area contributed by atoms with Crippen LogP contribution >= 0.6 is 11.8 Å². The lowest BCUT2D eigenvalue weighted by atomic mass is 10.1. The molecule has 1 aromatic rings. The van der Waals surface area contributed by atoms with Gasteiger partial charge in [-0.2, -0.15) is 11.8 Å². The Morgan fingerprint density at radius 3 is 2.94 bits per heavy atom. The SMILES string of the molecule is CSCCC(=O)N1CC(=O)Nc2ccccc2C1. The van der Waals surface area contributed by atoms with Crippen molar-refractivity contribution >= 4 is 29.3 Å². The molecule has 2 rings (SSSR count). The predicted molar refractivity (Wildman–Crippen MR) is 73.5 cm³/mol. The normalized spacial score (nSPS) is 14.7. The highest BCUT2D eigenvalue weighted by molar-refractivity contribution is 7.98. The number of carbonyl (C=O) groups excluding carboxylic acids is 2. The number of amides is 2. The Bertz CT molecular complexity index is 462. The third-order valence-electron chi connectivity index (χ3n) is 2.86. The molecule has 1 aliphatic rings. The van der Waals surface area contributed by atoms with E-state index >= 15 is 0 Å². The van der Waals surface area contributed by atoms with E-state index in [1.54, 1.807) is 16.7 Å². The van der Waals surface area contributed by atoms with Gasteiger partial charge < -0.3 is 10.2 Å². The van der Waals surface area contributed by atoms with E-state index in [1.165, 1.54) is 0 Å². The van der Waals surface area contributed by atoms with Crippen molar-refractivity contribution in [1.82, 2.24) is 4.90 Å². The zero-order valence-corrected chi connectivity index (χ0v) is 11.1. The molecule has 5 heteroatoms. The van der Waals surface area contributed by atoms with Crippen molar-refractivity contribution in [2.24, 2.45) is 0 Å². The summed E-state index contributed by atoms with van der Waals surface area (Å²) in [5.74, 6) is 0.701. The fourth-order valence-corrected chi connectivity index (χ4v) is 2.31. The van der Waals surface area contributed by atoms with E-state index in [2.05, 4.69) is 5.32 Å². The highest BCUT2D eigenvalue weighted by atomic mass is 32.2. The van der Waals surface area contributed by atoms with Crippen molar-refractivity contribution in [2.45, 2.75) is 13.0 Å². The molecule has 0 aliphatic carbocycles. The van der Waals surface area contributed by atoms with Crippen LogP contribution in [0.1, 0.15) is 12.0 Å². The second kappa shape index (κ2) is 5.91. The molecule has 0 unspecified atom stereocenters. The highest BCUT2D eigenvalue weighted by Gasteiger charge is 2.22. The third kappa shape index (κ3) is 3.04. The van der Waals surface area contributed by atoms with Crippen molar-refractivity contribution in [2.75, 3.05) is 23.9 Å². The Morgan fingerprint density at radius 2 is 2.17 bits per heavy atom. The summed E-state index contributed by atoms with van der Waals surface area (Å²) in [6, 6.07) is 7.60. The van der Waals surface area contributed by atoms with Gasteiger partial charge in [0.15, 0.2) is 0 Å². The maximum Gasteiger partial charge on any atom is 0.244 e. The van der Waals surface area contributed by atoms with Crippen molar-refractivity contribution < 1.29 is 9.59 Å². The van der Waals surface area contributed by atoms with E-state index in [4.69, 9.17) is 0 Å². The molecule has 1 N–H and O–H groups in total. The van der Waals surface area contributed by atoms with Crippen LogP contribution in [-0.2, 0) is 16.1 Å². The first-order valence-corrected chi connectivity index (χ1v) is 7.24. The Balaban J connectivity index is 2.15. The topological polar surface area (TPSA) is 49.4 Å². The second-order valence-electron chi connectivity index (χ2n) is 4.20. The second-order valence-corrected chi connectivity index (χ2v) is 5.18. The van der Waals surface area contributed by atoms with Crippen molar-refractivity contribution in [3.8, 4) is 0 Å². The number of thioether (sulfide) groups is 1. The van der Waals surface area contributed by atoms with Crippen LogP contribution in [0.4, 0.5) is 5.69 Å². The molecular weight excluding hydrogens is 248 g/mol. The van der Waals surface area contributed by atoms with Gasteiger partial charge in [-0.15, -0.1) is 0 Å². The van der Waals surface area contributed by atoms with Crippen LogP contribution < -0.4 is 5.32 Å². The number of nitrogens with zero attached hydrogens (tertiary/aromatic N) is 1. The summed E-state index contributed by atoms with van der Waals surface area (Å²) in [5.41, 5.74) is 1.79. The zero-order chi connectivity index (χ0) is 13.0. The van der Waals surface area contributed by atoms with Crippen LogP contribution in [0.5, 0.6) is 0 Å². The maximum absolute atomic E-state index is 12.0. The number of hydrogen-bond donors (Lipinski definition) is 1. The Morgan fingerprint density at radius 1 is 1.39 bits per heavy atom. The van der Waals surface area contributed by atoms with Gasteiger partial charge in [0.2, 0.25) is 11.8 Å². The van der Waals surface area contributed by atoms with Crippen LogP contribution in [0.3, 0.4) is 0 Å². The van der Waals surface area contributed by atoms with Gasteiger partial charge in [-0.3, -0.25) is 9.59 Å². The number of para-hydroxylation sites is 1. The highest BCUT2D eigenvalue weighted by Crippen LogP contribution is 2.20. The number of anilines is 1. The van der Waals surface area contributed by atoms with Crippen LogP contribution in [0.25, 0.3) is 0 Å². The van der Waals surface area contributed by atoms with Gasteiger partial charge in [0.25, 0.3) is 0 Å². The minimum atomic E-state index is -0.127. The molecule has 0 atom stereocenters. The minimum Gasteiger partial charge on any atom is -0.329 e. The molecule has 0 radical (unpaired) electrons. The molecule has 1 aromatic carbocycles. The lowest BCUT2D eigenvalue weighted by molar-refractivity contribution is -0.134. The lowest BCUT2D eigenvalue weighted by Crippen LogP contribution is -2.35. The van der Waals surface area contributed by atoms with E-state index in [-0.39, 0.29) is 18.4 Å². The molecule has 0 saturated heterocycles. The Hall–Kier alpha value is -1.49. The fourth-order valence-electron chi connectivity index (χ4n) is 1.93. The van der Waals surface area contributed by atoms with E-state index in [9.17, 15) is 9.59 Å². The van der Waals surface area contributed by atoms with Gasteiger partial charge in [0.1, 0.15) is 6.54 Å². The molecule has 0 saturated carbocycles. The standard InChI is InChI=1S/C13H16N2O2S/c1-18-7-6-13(17)15-8-10-4-2-3-5-11(10)14-12(16)9-15/h2-5H,6-9H2,1H3,(H,14,16). The summed E-state index contributed by atoms with van der Waals surface area (Å²) in [7, 11) is 0. The number of carbonyl (C=O) groups is 2. The quantitative estimate of drug-likeness (QED) is 0.904. The Labute approximate surface area is 111 Å². The van der Waals surface area contributed by atoms with Crippen molar-refractivity contribution in [3.63, 3.8) is 0 Å². The smallest absolute Gasteiger partial charge is 0.244 e. The van der Waals surface area contributed by atoms with Crippen LogP contribution in [-0.4, -0.2) is 35.3 Å². The van der Waals surface area contributed by atoms with Gasteiger partial charge in [-0.05, 0) is 17.9 Å². The molecule has 18 heavy (non-hydrogen) atoms. The van der Waals surface area contributed by atoms with E-state index in [1.807, 2.05) is 30.5 Å². The summed E-state index contributed by atoms with van der Waals surface area (Å²) in [6.45, 7) is 0.643. The third-order valence-corrected chi connectivity index (χ3v) is 3.47. The van der Waals surface area contributed by atoms with Crippen molar-refractivity contribution in [1.29, 1.82) is 0 Å². The summed E-state index contributed by atoms with van der Waals surface area (Å²) >= 11 is 1.64. The van der Waals surface area contributed by atoms with Crippen LogP contribution in [0.15, 0.2) is 24.3 Å². The molecule has 4 nitrogen and oxygen atoms in total. The Kier molecular flexibility index (Phi) is 4.25. The molecule has 0 spiro atoms. The zero-order valence-electron chi connectivity index (χ0n) is 10.3. The largest absolute Gasteiger partial charge is 0.329 e. The molecule has 0 bridgehead atoms. The monoisotopic (exact) mass is 264 g/mol. The maximum atomic E-state index is 12.0. The van der Waals surface area contributed by atoms with E-state index < -0.39 is 0 Å². The number of benzene rings is 1. The first kappa shape index (κ1) is 13.0.